The number of hydrogen-bond donors (Lipinski definition) is 2. The molecule has 4 heteroatoms. The van der Waals surface area contributed by atoms with Gasteiger partial charge in [-0.15, -0.1) is 0 Å². The average Bonchev–Trinajstić information content (AvgIpc) is 3.49. The minimum atomic E-state index is -0.649. The van der Waals surface area contributed by atoms with E-state index in [1.165, 1.54) is 30.5 Å². The van der Waals surface area contributed by atoms with Gasteiger partial charge >= 0.3 is 0 Å². The first-order valence-corrected chi connectivity index (χ1v) is 11.0. The second kappa shape index (κ2) is 6.47. The molecule has 4 nitrogen and oxygen atoms in total. The number of ether oxygens (including phenoxy) is 1. The fourth-order valence-electron chi connectivity index (χ4n) is 6.39. The van der Waals surface area contributed by atoms with Crippen LogP contribution in [0.25, 0.3) is 0 Å². The van der Waals surface area contributed by atoms with Gasteiger partial charge in [-0.25, -0.2) is 0 Å². The SMILES string of the molecule is CCC1C[C@@]2(O)[C@H]3Cc4ccc(OC)cc4[C@]2(CCN1)CCN3CC1CC1. The molecule has 2 saturated heterocycles. The Labute approximate surface area is 163 Å². The van der Waals surface area contributed by atoms with Crippen molar-refractivity contribution in [2.45, 2.75) is 75.0 Å². The van der Waals surface area contributed by atoms with E-state index < -0.39 is 5.60 Å². The summed E-state index contributed by atoms with van der Waals surface area (Å²) >= 11 is 0. The zero-order valence-corrected chi connectivity index (χ0v) is 16.8. The number of hydrogen-bond acceptors (Lipinski definition) is 4. The van der Waals surface area contributed by atoms with Crippen LogP contribution in [-0.2, 0) is 11.8 Å². The molecule has 1 aromatic carbocycles. The smallest absolute Gasteiger partial charge is 0.119 e. The topological polar surface area (TPSA) is 44.7 Å². The Hall–Kier alpha value is -1.10. The molecule has 1 unspecified atom stereocenters. The molecule has 2 aliphatic carbocycles. The lowest BCUT2D eigenvalue weighted by Gasteiger charge is -2.62. The van der Waals surface area contributed by atoms with Crippen LogP contribution in [0.5, 0.6) is 5.75 Å². The first-order chi connectivity index (χ1) is 13.1. The number of nitrogens with one attached hydrogen (secondary N) is 1. The highest BCUT2D eigenvalue weighted by Gasteiger charge is 2.63. The van der Waals surface area contributed by atoms with E-state index in [0.717, 1.165) is 56.9 Å². The van der Waals surface area contributed by atoms with E-state index in [2.05, 4.69) is 35.3 Å². The van der Waals surface area contributed by atoms with Crippen molar-refractivity contribution >= 4 is 0 Å². The van der Waals surface area contributed by atoms with Crippen molar-refractivity contribution in [1.82, 2.24) is 10.2 Å². The van der Waals surface area contributed by atoms with E-state index >= 15 is 0 Å². The number of aliphatic hydroxyl groups is 1. The Bertz CT molecular complexity index is 718. The van der Waals surface area contributed by atoms with Gasteiger partial charge in [0.1, 0.15) is 5.75 Å². The molecule has 2 aliphatic heterocycles. The molecule has 1 aromatic rings. The van der Waals surface area contributed by atoms with Crippen LogP contribution in [0.4, 0.5) is 0 Å². The standard InChI is InChI=1S/C23H34N2O2/c1-3-18-14-23(26)21-12-17-6-7-19(27-2)13-20(17)22(23,8-10-24-18)9-11-25(21)15-16-4-5-16/h6-7,13,16,18,21,24,26H,3-5,8-12,14-15H2,1-2H3/t18?,21-,22+,23-/m1/s1. The van der Waals surface area contributed by atoms with Gasteiger partial charge in [0.2, 0.25) is 0 Å². The van der Waals surface area contributed by atoms with Crippen molar-refractivity contribution in [3.8, 4) is 5.75 Å². The number of piperidine rings is 1. The molecule has 4 aliphatic rings. The highest BCUT2D eigenvalue weighted by atomic mass is 16.5. The number of rotatable bonds is 4. The summed E-state index contributed by atoms with van der Waals surface area (Å²) in [4.78, 5) is 2.65. The molecule has 0 spiro atoms. The maximum Gasteiger partial charge on any atom is 0.119 e. The van der Waals surface area contributed by atoms with Crippen molar-refractivity contribution < 1.29 is 9.84 Å². The quantitative estimate of drug-likeness (QED) is 0.855. The lowest BCUT2D eigenvalue weighted by molar-refractivity contribution is -0.152. The van der Waals surface area contributed by atoms with Crippen LogP contribution >= 0.6 is 0 Å². The summed E-state index contributed by atoms with van der Waals surface area (Å²) in [6.45, 7) is 5.54. The van der Waals surface area contributed by atoms with Crippen molar-refractivity contribution in [1.29, 1.82) is 0 Å². The fourth-order valence-corrected chi connectivity index (χ4v) is 6.39. The van der Waals surface area contributed by atoms with Crippen LogP contribution in [-0.4, -0.2) is 54.4 Å². The minimum Gasteiger partial charge on any atom is -0.497 e. The summed E-state index contributed by atoms with van der Waals surface area (Å²) in [6.07, 6.45) is 7.75. The first-order valence-electron chi connectivity index (χ1n) is 11.0. The van der Waals surface area contributed by atoms with Gasteiger partial charge in [-0.05, 0) is 87.2 Å². The van der Waals surface area contributed by atoms with Gasteiger partial charge in [-0.1, -0.05) is 13.0 Å². The summed E-state index contributed by atoms with van der Waals surface area (Å²) in [6, 6.07) is 7.26. The van der Waals surface area contributed by atoms with Gasteiger partial charge in [-0.3, -0.25) is 4.90 Å². The van der Waals surface area contributed by atoms with Gasteiger partial charge in [-0.2, -0.15) is 0 Å². The van der Waals surface area contributed by atoms with Gasteiger partial charge in [0.25, 0.3) is 0 Å². The highest BCUT2D eigenvalue weighted by molar-refractivity contribution is 5.48. The third-order valence-corrected chi connectivity index (χ3v) is 8.12. The second-order valence-electron chi connectivity index (χ2n) is 9.45. The number of likely N-dealkylation sites (tertiary alicyclic amines) is 1. The largest absolute Gasteiger partial charge is 0.497 e. The zero-order valence-electron chi connectivity index (χ0n) is 16.8. The Morgan fingerprint density at radius 2 is 2.15 bits per heavy atom. The monoisotopic (exact) mass is 370 g/mol. The fraction of sp³-hybridized carbons (Fsp3) is 0.739. The Morgan fingerprint density at radius 3 is 2.89 bits per heavy atom. The molecule has 2 heterocycles. The van der Waals surface area contributed by atoms with E-state index in [1.54, 1.807) is 7.11 Å². The summed E-state index contributed by atoms with van der Waals surface area (Å²) in [5.74, 6) is 1.79. The lowest BCUT2D eigenvalue weighted by atomic mass is 9.52. The summed E-state index contributed by atoms with van der Waals surface area (Å²) < 4.78 is 5.58. The molecule has 148 valence electrons. The highest BCUT2D eigenvalue weighted by Crippen LogP contribution is 2.56. The molecule has 3 fully saturated rings. The molecule has 1 saturated carbocycles. The normalized spacial score (nSPS) is 38.6. The van der Waals surface area contributed by atoms with Crippen LogP contribution in [0, 0.1) is 5.92 Å². The first kappa shape index (κ1) is 18.0. The third kappa shape index (κ3) is 2.67. The molecule has 4 atom stereocenters. The van der Waals surface area contributed by atoms with E-state index in [1.807, 2.05) is 0 Å². The van der Waals surface area contributed by atoms with E-state index in [0.29, 0.717) is 6.04 Å². The predicted octanol–water partition coefficient (Wildman–Crippen LogP) is 2.87. The summed E-state index contributed by atoms with van der Waals surface area (Å²) in [5.41, 5.74) is 2.01. The molecule has 0 aromatic heterocycles. The van der Waals surface area contributed by atoms with E-state index in [-0.39, 0.29) is 11.5 Å². The number of nitrogens with zero attached hydrogens (tertiary/aromatic N) is 1. The van der Waals surface area contributed by atoms with Crippen molar-refractivity contribution in [2.75, 3.05) is 26.7 Å². The van der Waals surface area contributed by atoms with Gasteiger partial charge in [0, 0.05) is 24.0 Å². The number of benzene rings is 1. The number of methoxy groups -OCH3 is 1. The maximum atomic E-state index is 12.4. The maximum absolute atomic E-state index is 12.4. The Morgan fingerprint density at radius 1 is 1.30 bits per heavy atom. The molecular weight excluding hydrogens is 336 g/mol. The van der Waals surface area contributed by atoms with Crippen LogP contribution in [0.2, 0.25) is 0 Å². The van der Waals surface area contributed by atoms with Crippen LogP contribution in [0.3, 0.4) is 0 Å². The molecule has 2 bridgehead atoms. The molecule has 27 heavy (non-hydrogen) atoms. The van der Waals surface area contributed by atoms with Gasteiger partial charge < -0.3 is 15.2 Å². The van der Waals surface area contributed by atoms with Crippen molar-refractivity contribution in [3.63, 3.8) is 0 Å². The number of fused-ring (bicyclic) bond motifs is 1. The third-order valence-electron chi connectivity index (χ3n) is 8.12. The van der Waals surface area contributed by atoms with Crippen molar-refractivity contribution in [3.05, 3.63) is 29.3 Å². The Kier molecular flexibility index (Phi) is 4.30. The molecule has 0 amide bonds. The van der Waals surface area contributed by atoms with Crippen LogP contribution in [0.15, 0.2) is 18.2 Å². The van der Waals surface area contributed by atoms with E-state index in [9.17, 15) is 5.11 Å². The summed E-state index contributed by atoms with van der Waals surface area (Å²) in [7, 11) is 1.75. The zero-order chi connectivity index (χ0) is 18.6. The molecule has 2 N–H and O–H groups in total. The second-order valence-corrected chi connectivity index (χ2v) is 9.45. The molecule has 5 rings (SSSR count). The van der Waals surface area contributed by atoms with Gasteiger partial charge in [0.15, 0.2) is 0 Å². The Balaban J connectivity index is 1.63. The predicted molar refractivity (Wildman–Crippen MR) is 107 cm³/mol. The van der Waals surface area contributed by atoms with Gasteiger partial charge in [0.05, 0.1) is 12.7 Å². The van der Waals surface area contributed by atoms with Crippen molar-refractivity contribution in [2.24, 2.45) is 5.92 Å². The van der Waals surface area contributed by atoms with E-state index in [4.69, 9.17) is 4.74 Å². The molecule has 0 radical (unpaired) electrons. The summed E-state index contributed by atoms with van der Waals surface area (Å²) in [5, 5.41) is 16.2. The molecular formula is C23H34N2O2. The minimum absolute atomic E-state index is 0.142. The van der Waals surface area contributed by atoms with Crippen LogP contribution < -0.4 is 10.1 Å². The average molecular weight is 371 g/mol. The van der Waals surface area contributed by atoms with Crippen LogP contribution in [0.1, 0.15) is 56.6 Å². The lowest BCUT2D eigenvalue weighted by Crippen LogP contribution is -2.72.